The van der Waals surface area contributed by atoms with Crippen LogP contribution in [0.1, 0.15) is 20.8 Å². The van der Waals surface area contributed by atoms with Crippen LogP contribution in [0.2, 0.25) is 0 Å². The molecule has 1 amide bonds. The number of benzene rings is 1. The van der Waals surface area contributed by atoms with Crippen LogP contribution >= 0.6 is 0 Å². The van der Waals surface area contributed by atoms with Crippen molar-refractivity contribution in [1.82, 2.24) is 4.90 Å². The number of nitrogen functional groups attached to an aromatic ring is 1. The first-order chi connectivity index (χ1) is 10.4. The van der Waals surface area contributed by atoms with Gasteiger partial charge in [-0.25, -0.2) is 0 Å². The van der Waals surface area contributed by atoms with Crippen LogP contribution in [-0.4, -0.2) is 49.3 Å². The van der Waals surface area contributed by atoms with Crippen molar-refractivity contribution in [3.8, 4) is 5.75 Å². The summed E-state index contributed by atoms with van der Waals surface area (Å²) in [5, 5.41) is 2.89. The number of anilines is 2. The smallest absolute Gasteiger partial charge is 0.241 e. The van der Waals surface area contributed by atoms with E-state index in [1.807, 2.05) is 20.8 Å². The van der Waals surface area contributed by atoms with Gasteiger partial charge >= 0.3 is 0 Å². The zero-order valence-electron chi connectivity index (χ0n) is 13.6. The normalized spacial score (nSPS) is 23.8. The molecule has 22 heavy (non-hydrogen) atoms. The number of nitrogens with two attached hydrogens (primary N) is 1. The van der Waals surface area contributed by atoms with E-state index >= 15 is 0 Å². The van der Waals surface area contributed by atoms with E-state index in [4.69, 9.17) is 15.2 Å². The number of carbonyl (C=O) groups is 1. The lowest BCUT2D eigenvalue weighted by Crippen LogP contribution is -2.52. The highest BCUT2D eigenvalue weighted by molar-refractivity contribution is 5.97. The summed E-state index contributed by atoms with van der Waals surface area (Å²) in [5.41, 5.74) is 7.03. The van der Waals surface area contributed by atoms with Gasteiger partial charge in [0, 0.05) is 19.2 Å². The van der Waals surface area contributed by atoms with E-state index in [0.29, 0.717) is 17.1 Å². The summed E-state index contributed by atoms with van der Waals surface area (Å²) >= 11 is 0. The van der Waals surface area contributed by atoms with Crippen molar-refractivity contribution >= 4 is 17.3 Å². The summed E-state index contributed by atoms with van der Waals surface area (Å²) in [4.78, 5) is 14.6. The fourth-order valence-electron chi connectivity index (χ4n) is 2.72. The quantitative estimate of drug-likeness (QED) is 0.828. The van der Waals surface area contributed by atoms with Gasteiger partial charge < -0.3 is 20.5 Å². The van der Waals surface area contributed by atoms with Crippen molar-refractivity contribution in [1.29, 1.82) is 0 Å². The maximum atomic E-state index is 12.5. The van der Waals surface area contributed by atoms with Gasteiger partial charge in [0.2, 0.25) is 5.91 Å². The number of hydrogen-bond acceptors (Lipinski definition) is 5. The maximum absolute atomic E-state index is 12.5. The molecule has 1 aromatic carbocycles. The molecule has 1 aromatic rings. The van der Waals surface area contributed by atoms with Crippen LogP contribution in [-0.2, 0) is 9.53 Å². The standard InChI is InChI=1S/C16H25N3O3/c1-10-8-19(9-11(2)22-10)12(3)16(20)18-15-6-5-13(21-4)7-14(15)17/h5-7,10-12H,8-9,17H2,1-4H3,(H,18,20). The predicted molar refractivity (Wildman–Crippen MR) is 87.1 cm³/mol. The zero-order chi connectivity index (χ0) is 16.3. The largest absolute Gasteiger partial charge is 0.497 e. The SMILES string of the molecule is COc1ccc(NC(=O)C(C)N2CC(C)OC(C)C2)c(N)c1. The Morgan fingerprint density at radius 2 is 2.05 bits per heavy atom. The number of ether oxygens (including phenoxy) is 2. The third kappa shape index (κ3) is 3.90. The van der Waals surface area contributed by atoms with Gasteiger partial charge in [0.1, 0.15) is 5.75 Å². The van der Waals surface area contributed by atoms with Gasteiger partial charge in [0.05, 0.1) is 36.7 Å². The molecule has 1 aliphatic rings. The summed E-state index contributed by atoms with van der Waals surface area (Å²) in [6.07, 6.45) is 0.259. The summed E-state index contributed by atoms with van der Waals surface area (Å²) < 4.78 is 10.8. The lowest BCUT2D eigenvalue weighted by molar-refractivity contribution is -0.126. The van der Waals surface area contributed by atoms with E-state index in [1.165, 1.54) is 0 Å². The first-order valence-electron chi connectivity index (χ1n) is 7.54. The van der Waals surface area contributed by atoms with Gasteiger partial charge in [-0.05, 0) is 32.9 Å². The molecule has 3 unspecified atom stereocenters. The number of carbonyl (C=O) groups excluding carboxylic acids is 1. The summed E-state index contributed by atoms with van der Waals surface area (Å²) in [7, 11) is 1.58. The molecule has 122 valence electrons. The van der Waals surface area contributed by atoms with Crippen molar-refractivity contribution in [3.05, 3.63) is 18.2 Å². The highest BCUT2D eigenvalue weighted by Crippen LogP contribution is 2.24. The van der Waals surface area contributed by atoms with Gasteiger partial charge in [0.25, 0.3) is 0 Å². The fraction of sp³-hybridized carbons (Fsp3) is 0.562. The Morgan fingerprint density at radius 3 is 2.59 bits per heavy atom. The Bertz CT molecular complexity index is 525. The van der Waals surface area contributed by atoms with Crippen LogP contribution in [0, 0.1) is 0 Å². The molecule has 1 saturated heterocycles. The van der Waals surface area contributed by atoms with E-state index in [2.05, 4.69) is 10.2 Å². The Kier molecular flexibility index (Phi) is 5.26. The molecular formula is C16H25N3O3. The summed E-state index contributed by atoms with van der Waals surface area (Å²) in [6.45, 7) is 7.44. The van der Waals surface area contributed by atoms with Crippen LogP contribution in [0.4, 0.5) is 11.4 Å². The first-order valence-corrected chi connectivity index (χ1v) is 7.54. The molecule has 0 spiro atoms. The molecule has 1 heterocycles. The number of nitrogens with one attached hydrogen (secondary N) is 1. The molecule has 1 aliphatic heterocycles. The molecule has 1 fully saturated rings. The molecule has 6 heteroatoms. The zero-order valence-corrected chi connectivity index (χ0v) is 13.6. The molecule has 0 saturated carbocycles. The van der Waals surface area contributed by atoms with Gasteiger partial charge in [0.15, 0.2) is 0 Å². The number of rotatable bonds is 4. The van der Waals surface area contributed by atoms with Gasteiger partial charge in [-0.1, -0.05) is 0 Å². The van der Waals surface area contributed by atoms with Gasteiger partial charge in [-0.3, -0.25) is 9.69 Å². The van der Waals surface area contributed by atoms with Crippen molar-refractivity contribution in [2.24, 2.45) is 0 Å². The molecule has 0 bridgehead atoms. The highest BCUT2D eigenvalue weighted by Gasteiger charge is 2.29. The number of nitrogens with zero attached hydrogens (tertiary/aromatic N) is 1. The average Bonchev–Trinajstić information content (AvgIpc) is 2.47. The van der Waals surface area contributed by atoms with Gasteiger partial charge in [-0.15, -0.1) is 0 Å². The molecule has 6 nitrogen and oxygen atoms in total. The minimum atomic E-state index is -0.240. The monoisotopic (exact) mass is 307 g/mol. The van der Waals surface area contributed by atoms with E-state index in [9.17, 15) is 4.79 Å². The van der Waals surface area contributed by atoms with Gasteiger partial charge in [-0.2, -0.15) is 0 Å². The minimum absolute atomic E-state index is 0.0711. The summed E-state index contributed by atoms with van der Waals surface area (Å²) in [6, 6.07) is 4.98. The highest BCUT2D eigenvalue weighted by atomic mass is 16.5. The molecule has 3 atom stereocenters. The lowest BCUT2D eigenvalue weighted by Gasteiger charge is -2.38. The van der Waals surface area contributed by atoms with Crippen molar-refractivity contribution in [2.45, 2.75) is 39.0 Å². The Morgan fingerprint density at radius 1 is 1.41 bits per heavy atom. The molecular weight excluding hydrogens is 282 g/mol. The second kappa shape index (κ2) is 6.98. The minimum Gasteiger partial charge on any atom is -0.497 e. The molecule has 0 aromatic heterocycles. The molecule has 2 rings (SSSR count). The van der Waals surface area contributed by atoms with Crippen LogP contribution < -0.4 is 15.8 Å². The van der Waals surface area contributed by atoms with Crippen molar-refractivity contribution < 1.29 is 14.3 Å². The van der Waals surface area contributed by atoms with Crippen LogP contribution in [0.5, 0.6) is 5.75 Å². The fourth-order valence-corrected chi connectivity index (χ4v) is 2.72. The number of methoxy groups -OCH3 is 1. The Hall–Kier alpha value is -1.79. The third-order valence-corrected chi connectivity index (χ3v) is 3.89. The van der Waals surface area contributed by atoms with E-state index in [-0.39, 0.29) is 24.2 Å². The molecule has 3 N–H and O–H groups in total. The predicted octanol–water partition coefficient (Wildman–Crippen LogP) is 1.71. The Balaban J connectivity index is 2.02. The molecule has 0 radical (unpaired) electrons. The maximum Gasteiger partial charge on any atom is 0.241 e. The van der Waals surface area contributed by atoms with Crippen LogP contribution in [0.15, 0.2) is 18.2 Å². The second-order valence-corrected chi connectivity index (χ2v) is 5.83. The number of amides is 1. The first kappa shape index (κ1) is 16.6. The third-order valence-electron chi connectivity index (χ3n) is 3.89. The van der Waals surface area contributed by atoms with E-state index in [0.717, 1.165) is 13.1 Å². The van der Waals surface area contributed by atoms with E-state index < -0.39 is 0 Å². The lowest BCUT2D eigenvalue weighted by atomic mass is 10.1. The number of hydrogen-bond donors (Lipinski definition) is 2. The topological polar surface area (TPSA) is 76.8 Å². The van der Waals surface area contributed by atoms with Crippen molar-refractivity contribution in [2.75, 3.05) is 31.2 Å². The molecule has 0 aliphatic carbocycles. The van der Waals surface area contributed by atoms with Crippen LogP contribution in [0.3, 0.4) is 0 Å². The second-order valence-electron chi connectivity index (χ2n) is 5.83. The Labute approximate surface area is 131 Å². The average molecular weight is 307 g/mol. The van der Waals surface area contributed by atoms with Crippen molar-refractivity contribution in [3.63, 3.8) is 0 Å². The van der Waals surface area contributed by atoms with E-state index in [1.54, 1.807) is 25.3 Å². The summed E-state index contributed by atoms with van der Waals surface area (Å²) in [5.74, 6) is 0.595. The van der Waals surface area contributed by atoms with Crippen LogP contribution in [0.25, 0.3) is 0 Å². The number of morpholine rings is 1.